The number of allylic oxidation sites excluding steroid dienone is 7. The van der Waals surface area contributed by atoms with Crippen LogP contribution in [0.3, 0.4) is 0 Å². The molecule has 0 radical (unpaired) electrons. The summed E-state index contributed by atoms with van der Waals surface area (Å²) < 4.78 is 23.7. The molecule has 178 valence electrons. The van der Waals surface area contributed by atoms with Gasteiger partial charge in [-0.25, -0.2) is 8.42 Å². The first-order valence-electron chi connectivity index (χ1n) is 10.4. The molecule has 6 nitrogen and oxygen atoms in total. The van der Waals surface area contributed by atoms with Gasteiger partial charge in [-0.2, -0.15) is 0 Å². The molecular formula is C25H25Cl2N3O3S. The third-order valence-corrected chi connectivity index (χ3v) is 7.37. The highest BCUT2D eigenvalue weighted by Gasteiger charge is 2.22. The zero-order valence-corrected chi connectivity index (χ0v) is 21.5. The zero-order chi connectivity index (χ0) is 25.0. The van der Waals surface area contributed by atoms with Gasteiger partial charge in [0.15, 0.2) is 9.84 Å². The highest BCUT2D eigenvalue weighted by molar-refractivity contribution is 7.94. The van der Waals surface area contributed by atoms with Crippen molar-refractivity contribution in [2.45, 2.75) is 19.4 Å². The average molecular weight is 518 g/mol. The summed E-state index contributed by atoms with van der Waals surface area (Å²) in [5.41, 5.74) is 3.79. The van der Waals surface area contributed by atoms with Crippen molar-refractivity contribution < 1.29 is 13.2 Å². The fraction of sp³-hybridized carbons (Fsp3) is 0.240. The number of fused-ring (bicyclic) bond motifs is 1. The van der Waals surface area contributed by atoms with Gasteiger partial charge in [-0.1, -0.05) is 59.6 Å². The largest absolute Gasteiger partial charge is 0.333 e. The Kier molecular flexibility index (Phi) is 8.13. The number of rotatable bonds is 7. The Morgan fingerprint density at radius 3 is 2.71 bits per heavy atom. The molecule has 1 aromatic carbocycles. The number of sulfone groups is 1. The molecule has 9 heteroatoms. The van der Waals surface area contributed by atoms with Gasteiger partial charge in [-0.05, 0) is 42.2 Å². The molecule has 2 aliphatic rings. The van der Waals surface area contributed by atoms with Crippen LogP contribution >= 0.6 is 23.2 Å². The van der Waals surface area contributed by atoms with Crippen molar-refractivity contribution in [3.05, 3.63) is 87.5 Å². The number of likely N-dealkylation sites (N-methyl/N-ethyl adjacent to an activating group) is 1. The highest BCUT2D eigenvalue weighted by Crippen LogP contribution is 2.36. The molecule has 0 spiro atoms. The van der Waals surface area contributed by atoms with Gasteiger partial charge in [-0.3, -0.25) is 14.8 Å². The molecule has 0 aromatic heterocycles. The van der Waals surface area contributed by atoms with E-state index in [1.54, 1.807) is 55.4 Å². The normalized spacial score (nSPS) is 16.3. The van der Waals surface area contributed by atoms with Gasteiger partial charge in [0.1, 0.15) is 5.17 Å². The van der Waals surface area contributed by atoms with Gasteiger partial charge in [0.05, 0.1) is 28.5 Å². The maximum Gasteiger partial charge on any atom is 0.208 e. The Labute approximate surface area is 210 Å². The smallest absolute Gasteiger partial charge is 0.208 e. The van der Waals surface area contributed by atoms with E-state index in [-0.39, 0.29) is 16.4 Å². The fourth-order valence-electron chi connectivity index (χ4n) is 3.54. The topological polar surface area (TPSA) is 79.2 Å². The van der Waals surface area contributed by atoms with Crippen LogP contribution in [0.2, 0.25) is 0 Å². The molecule has 0 saturated carbocycles. The maximum absolute atomic E-state index is 13.0. The molecule has 1 aliphatic heterocycles. The third-order valence-electron chi connectivity index (χ3n) is 5.46. The van der Waals surface area contributed by atoms with E-state index in [1.807, 2.05) is 6.07 Å². The molecular weight excluding hydrogens is 493 g/mol. The monoisotopic (exact) mass is 517 g/mol. The molecule has 0 atom stereocenters. The second-order valence-electron chi connectivity index (χ2n) is 7.98. The van der Waals surface area contributed by atoms with Crippen LogP contribution in [-0.2, 0) is 16.4 Å². The number of carbonyl (C=O) groups is 1. The van der Waals surface area contributed by atoms with Crippen molar-refractivity contribution in [2.75, 3.05) is 20.4 Å². The number of nitrogens with zero attached hydrogens (tertiary/aromatic N) is 3. The standard InChI is InChI=1S/C25H25Cl2N3O3S/c1-16(30(3)15-28-2)24(31)18-9-10-19-14-29-25(27)22(23(26)21(19)13-18)12-17-6-5-7-20(11-8-17)34(4,32)33/h5,7-11,13,15H,1,6,12,14H2,2-4H3/b28-15-. The lowest BCUT2D eigenvalue weighted by Gasteiger charge is -2.16. The number of ketones is 1. The maximum atomic E-state index is 13.0. The van der Waals surface area contributed by atoms with Gasteiger partial charge < -0.3 is 4.90 Å². The molecule has 0 amide bonds. The van der Waals surface area contributed by atoms with E-state index in [0.29, 0.717) is 46.3 Å². The van der Waals surface area contributed by atoms with Crippen molar-refractivity contribution in [3.63, 3.8) is 0 Å². The lowest BCUT2D eigenvalue weighted by atomic mass is 9.96. The Hall–Kier alpha value is -2.74. The lowest BCUT2D eigenvalue weighted by Crippen LogP contribution is -2.21. The van der Waals surface area contributed by atoms with Crippen LogP contribution in [0.4, 0.5) is 0 Å². The van der Waals surface area contributed by atoms with E-state index in [4.69, 9.17) is 23.2 Å². The van der Waals surface area contributed by atoms with Gasteiger partial charge >= 0.3 is 0 Å². The molecule has 1 heterocycles. The molecule has 3 rings (SSSR count). The van der Waals surface area contributed by atoms with E-state index in [2.05, 4.69) is 16.6 Å². The van der Waals surface area contributed by atoms with Crippen LogP contribution < -0.4 is 0 Å². The van der Waals surface area contributed by atoms with E-state index in [1.165, 1.54) is 12.6 Å². The molecule has 0 unspecified atom stereocenters. The molecule has 0 N–H and O–H groups in total. The summed E-state index contributed by atoms with van der Waals surface area (Å²) in [7, 11) is 0.00529. The second-order valence-corrected chi connectivity index (χ2v) is 10.7. The predicted octanol–water partition coefficient (Wildman–Crippen LogP) is 5.28. The van der Waals surface area contributed by atoms with Crippen LogP contribution in [0.25, 0.3) is 5.03 Å². The van der Waals surface area contributed by atoms with E-state index in [9.17, 15) is 13.2 Å². The van der Waals surface area contributed by atoms with Crippen molar-refractivity contribution in [2.24, 2.45) is 9.98 Å². The molecule has 34 heavy (non-hydrogen) atoms. The summed E-state index contributed by atoms with van der Waals surface area (Å²) in [6.07, 6.45) is 10.4. The Bertz CT molecular complexity index is 1330. The minimum Gasteiger partial charge on any atom is -0.333 e. The number of hydrogen-bond acceptors (Lipinski definition) is 5. The third kappa shape index (κ3) is 5.84. The quantitative estimate of drug-likeness (QED) is 0.213. The Balaban J connectivity index is 1.99. The predicted molar refractivity (Wildman–Crippen MR) is 141 cm³/mol. The average Bonchev–Trinajstić information content (AvgIpc) is 3.10. The number of Topliss-reactive ketones (excluding diaryl/α,β-unsaturated/α-hetero) is 1. The zero-order valence-electron chi connectivity index (χ0n) is 19.2. The molecule has 0 saturated heterocycles. The molecule has 0 fully saturated rings. The van der Waals surface area contributed by atoms with Gasteiger partial charge in [-0.15, -0.1) is 0 Å². The van der Waals surface area contributed by atoms with Crippen molar-refractivity contribution in [1.29, 1.82) is 0 Å². The summed E-state index contributed by atoms with van der Waals surface area (Å²) in [5, 5.41) is 0.699. The van der Waals surface area contributed by atoms with Crippen LogP contribution in [0.5, 0.6) is 0 Å². The first-order chi connectivity index (χ1) is 16.0. The number of hydrogen-bond donors (Lipinski definition) is 0. The number of benzene rings is 1. The SMILES string of the molecule is C=C(C(=O)c1ccc2c(c1)C(Cl)=C(CC1=CC=C(S(C)(=O)=O)C=CC1)C(Cl)=NC2)N(C)/C=N\C. The Morgan fingerprint density at radius 1 is 1.29 bits per heavy atom. The van der Waals surface area contributed by atoms with E-state index in [0.717, 1.165) is 11.1 Å². The lowest BCUT2D eigenvalue weighted by molar-refractivity contribution is 0.101. The molecule has 1 aliphatic carbocycles. The summed E-state index contributed by atoms with van der Waals surface area (Å²) in [5.74, 6) is -0.248. The van der Waals surface area contributed by atoms with Crippen LogP contribution in [-0.4, -0.2) is 51.0 Å². The van der Waals surface area contributed by atoms with E-state index >= 15 is 0 Å². The van der Waals surface area contributed by atoms with Gasteiger partial charge in [0, 0.05) is 31.5 Å². The fourth-order valence-corrected chi connectivity index (χ4v) is 4.80. The number of aliphatic imine (C=N–C) groups is 2. The van der Waals surface area contributed by atoms with Gasteiger partial charge in [0.2, 0.25) is 5.78 Å². The minimum absolute atomic E-state index is 0.245. The van der Waals surface area contributed by atoms with Crippen molar-refractivity contribution in [3.8, 4) is 0 Å². The molecule has 1 aromatic rings. The van der Waals surface area contributed by atoms with Crippen molar-refractivity contribution >= 4 is 55.4 Å². The first kappa shape index (κ1) is 25.9. The van der Waals surface area contributed by atoms with Crippen LogP contribution in [0.1, 0.15) is 34.3 Å². The summed E-state index contributed by atoms with van der Waals surface area (Å²) >= 11 is 13.3. The Morgan fingerprint density at radius 2 is 2.03 bits per heavy atom. The molecule has 0 bridgehead atoms. The van der Waals surface area contributed by atoms with E-state index < -0.39 is 9.84 Å². The first-order valence-corrected chi connectivity index (χ1v) is 13.0. The van der Waals surface area contributed by atoms with Crippen LogP contribution in [0, 0.1) is 0 Å². The summed E-state index contributed by atoms with van der Waals surface area (Å²) in [4.78, 5) is 23.1. The number of halogens is 2. The minimum atomic E-state index is -3.31. The van der Waals surface area contributed by atoms with Crippen LogP contribution in [0.15, 0.2) is 80.8 Å². The van der Waals surface area contributed by atoms with Crippen molar-refractivity contribution in [1.82, 2.24) is 4.90 Å². The number of carbonyl (C=O) groups excluding carboxylic acids is 1. The summed E-state index contributed by atoms with van der Waals surface area (Å²) in [6.45, 7) is 4.19. The highest BCUT2D eigenvalue weighted by atomic mass is 35.5. The second kappa shape index (κ2) is 10.7. The summed E-state index contributed by atoms with van der Waals surface area (Å²) in [6, 6.07) is 5.27. The van der Waals surface area contributed by atoms with Gasteiger partial charge in [0.25, 0.3) is 0 Å².